The number of benzene rings is 1. The third-order valence-electron chi connectivity index (χ3n) is 6.23. The molecule has 3 aliphatic carbocycles. The molecule has 3 aliphatic rings. The lowest BCUT2D eigenvalue weighted by molar-refractivity contribution is -0.127. The third-order valence-corrected chi connectivity index (χ3v) is 6.23. The minimum absolute atomic E-state index is 0.0660. The maximum Gasteiger partial charge on any atom is 0.255 e. The third kappa shape index (κ3) is 2.61. The number of allylic oxidation sites excluding steroid dienone is 3. The highest BCUT2D eigenvalue weighted by Crippen LogP contribution is 2.50. The van der Waals surface area contributed by atoms with E-state index in [0.717, 1.165) is 11.1 Å². The highest BCUT2D eigenvalue weighted by molar-refractivity contribution is 6.21. The Kier molecular flexibility index (Phi) is 4.15. The second-order valence-electron chi connectivity index (χ2n) is 8.02. The van der Waals surface area contributed by atoms with Crippen molar-refractivity contribution in [2.24, 2.45) is 23.5 Å². The van der Waals surface area contributed by atoms with E-state index in [2.05, 4.69) is 6.58 Å². The molecule has 1 saturated carbocycles. The van der Waals surface area contributed by atoms with Crippen molar-refractivity contribution < 1.29 is 29.7 Å². The standard InChI is InChI=1S/C22H21NO6/c1-8(2)11-3-4-13(24)17-12(11)6-9-5-10-7-14(25)18(22(23)29)21(28)16(10)19(26)15(9)20(17)27/h3-4,9-10,16,24,27-28H,1,5-7H2,2H3,(H2,23,29). The van der Waals surface area contributed by atoms with Crippen LogP contribution in [0, 0.1) is 17.8 Å². The smallest absolute Gasteiger partial charge is 0.255 e. The lowest BCUT2D eigenvalue weighted by Crippen LogP contribution is -2.44. The van der Waals surface area contributed by atoms with Gasteiger partial charge in [0, 0.05) is 12.0 Å². The minimum Gasteiger partial charge on any atom is -0.511 e. The number of aromatic hydroxyl groups is 1. The maximum atomic E-state index is 13.3. The Bertz CT molecular complexity index is 1080. The van der Waals surface area contributed by atoms with E-state index in [-0.39, 0.29) is 35.0 Å². The van der Waals surface area contributed by atoms with Crippen molar-refractivity contribution in [1.29, 1.82) is 0 Å². The van der Waals surface area contributed by atoms with Gasteiger partial charge >= 0.3 is 0 Å². The molecule has 1 aromatic carbocycles. The van der Waals surface area contributed by atoms with E-state index in [0.29, 0.717) is 18.4 Å². The second-order valence-corrected chi connectivity index (χ2v) is 8.02. The molecule has 0 heterocycles. The first kappa shape index (κ1) is 19.0. The van der Waals surface area contributed by atoms with Crippen molar-refractivity contribution >= 4 is 28.8 Å². The Morgan fingerprint density at radius 3 is 2.48 bits per heavy atom. The van der Waals surface area contributed by atoms with Crippen LogP contribution in [-0.4, -0.2) is 32.8 Å². The van der Waals surface area contributed by atoms with E-state index in [1.54, 1.807) is 6.07 Å². The predicted octanol–water partition coefficient (Wildman–Crippen LogP) is 2.34. The number of carbonyl (C=O) groups excluding carboxylic acids is 3. The van der Waals surface area contributed by atoms with Crippen LogP contribution in [-0.2, 0) is 20.8 Å². The van der Waals surface area contributed by atoms with E-state index in [1.807, 2.05) is 6.92 Å². The van der Waals surface area contributed by atoms with Crippen LogP contribution in [0.15, 0.2) is 35.6 Å². The van der Waals surface area contributed by atoms with Gasteiger partial charge < -0.3 is 21.1 Å². The number of phenolic OH excluding ortho intramolecular Hbond substituents is 1. The first-order chi connectivity index (χ1) is 13.6. The van der Waals surface area contributed by atoms with Crippen molar-refractivity contribution in [3.05, 3.63) is 52.3 Å². The maximum absolute atomic E-state index is 13.3. The number of fused-ring (bicyclic) bond motifs is 3. The number of carbonyl (C=O) groups is 3. The fraction of sp³-hybridized carbons (Fsp3) is 0.318. The normalized spacial score (nSPS) is 26.0. The zero-order valence-corrected chi connectivity index (χ0v) is 15.9. The van der Waals surface area contributed by atoms with E-state index < -0.39 is 40.6 Å². The predicted molar refractivity (Wildman–Crippen MR) is 105 cm³/mol. The lowest BCUT2D eigenvalue weighted by atomic mass is 9.61. The van der Waals surface area contributed by atoms with Gasteiger partial charge in [-0.25, -0.2) is 0 Å². The van der Waals surface area contributed by atoms with Gasteiger partial charge in [0.05, 0.1) is 11.5 Å². The molecule has 1 amide bonds. The summed E-state index contributed by atoms with van der Waals surface area (Å²) in [6.07, 6.45) is 0.702. The fourth-order valence-electron chi connectivity index (χ4n) is 5.04. The quantitative estimate of drug-likeness (QED) is 0.567. The summed E-state index contributed by atoms with van der Waals surface area (Å²) in [5.41, 5.74) is 7.22. The van der Waals surface area contributed by atoms with Crippen LogP contribution in [0.1, 0.15) is 36.5 Å². The van der Waals surface area contributed by atoms with Gasteiger partial charge in [-0.15, -0.1) is 0 Å². The average Bonchev–Trinajstić information content (AvgIpc) is 2.60. The summed E-state index contributed by atoms with van der Waals surface area (Å²) < 4.78 is 0. The topological polar surface area (TPSA) is 138 Å². The molecule has 0 bridgehead atoms. The molecule has 5 N–H and O–H groups in total. The molecule has 29 heavy (non-hydrogen) atoms. The van der Waals surface area contributed by atoms with Crippen LogP contribution in [0.2, 0.25) is 0 Å². The van der Waals surface area contributed by atoms with Gasteiger partial charge in [-0.05, 0) is 48.8 Å². The summed E-state index contributed by atoms with van der Waals surface area (Å²) in [6.45, 7) is 5.76. The number of ketones is 2. The number of primary amides is 1. The first-order valence-electron chi connectivity index (χ1n) is 9.38. The Morgan fingerprint density at radius 2 is 1.86 bits per heavy atom. The molecule has 1 aromatic rings. The minimum atomic E-state index is -1.10. The molecule has 3 atom stereocenters. The van der Waals surface area contributed by atoms with Gasteiger partial charge in [-0.1, -0.05) is 18.2 Å². The summed E-state index contributed by atoms with van der Waals surface area (Å²) in [7, 11) is 0. The molecular formula is C22H21NO6. The zero-order valence-electron chi connectivity index (χ0n) is 15.9. The van der Waals surface area contributed by atoms with Crippen LogP contribution >= 0.6 is 0 Å². The molecule has 3 unspecified atom stereocenters. The Balaban J connectivity index is 1.90. The Labute approximate surface area is 166 Å². The monoisotopic (exact) mass is 395 g/mol. The number of phenols is 1. The number of hydrogen-bond acceptors (Lipinski definition) is 6. The molecular weight excluding hydrogens is 374 g/mol. The lowest BCUT2D eigenvalue weighted by Gasteiger charge is -2.41. The van der Waals surface area contributed by atoms with E-state index in [4.69, 9.17) is 5.73 Å². The summed E-state index contributed by atoms with van der Waals surface area (Å²) in [5.74, 6) is -5.24. The summed E-state index contributed by atoms with van der Waals surface area (Å²) in [4.78, 5) is 37.1. The van der Waals surface area contributed by atoms with Gasteiger partial charge in [-0.3, -0.25) is 14.4 Å². The molecule has 7 nitrogen and oxygen atoms in total. The fourth-order valence-corrected chi connectivity index (χ4v) is 5.04. The Hall–Kier alpha value is -3.35. The highest BCUT2D eigenvalue weighted by atomic mass is 16.3. The van der Waals surface area contributed by atoms with Crippen molar-refractivity contribution in [3.63, 3.8) is 0 Å². The van der Waals surface area contributed by atoms with Crippen LogP contribution in [0.5, 0.6) is 5.75 Å². The number of nitrogens with two attached hydrogens (primary N) is 1. The van der Waals surface area contributed by atoms with Gasteiger partial charge in [0.15, 0.2) is 11.6 Å². The van der Waals surface area contributed by atoms with Gasteiger partial charge in [0.25, 0.3) is 5.91 Å². The van der Waals surface area contributed by atoms with E-state index in [9.17, 15) is 29.7 Å². The average molecular weight is 395 g/mol. The van der Waals surface area contributed by atoms with Gasteiger partial charge in [0.1, 0.15) is 22.8 Å². The second kappa shape index (κ2) is 6.34. The summed E-state index contributed by atoms with van der Waals surface area (Å²) >= 11 is 0. The molecule has 150 valence electrons. The molecule has 0 spiro atoms. The van der Waals surface area contributed by atoms with Gasteiger partial charge in [0.2, 0.25) is 0 Å². The highest BCUT2D eigenvalue weighted by Gasteiger charge is 2.50. The molecule has 0 saturated heterocycles. The van der Waals surface area contributed by atoms with Crippen molar-refractivity contribution in [2.75, 3.05) is 0 Å². The number of amides is 1. The van der Waals surface area contributed by atoms with Gasteiger partial charge in [-0.2, -0.15) is 0 Å². The largest absolute Gasteiger partial charge is 0.511 e. The number of hydrogen-bond donors (Lipinski definition) is 4. The molecule has 0 radical (unpaired) electrons. The summed E-state index contributed by atoms with van der Waals surface area (Å²) in [5, 5.41) is 31.8. The van der Waals surface area contributed by atoms with Crippen molar-refractivity contribution in [1.82, 2.24) is 0 Å². The molecule has 0 aromatic heterocycles. The van der Waals surface area contributed by atoms with Crippen LogP contribution < -0.4 is 5.73 Å². The Morgan fingerprint density at radius 1 is 1.17 bits per heavy atom. The van der Waals surface area contributed by atoms with Crippen LogP contribution in [0.3, 0.4) is 0 Å². The van der Waals surface area contributed by atoms with Crippen molar-refractivity contribution in [3.8, 4) is 5.75 Å². The zero-order chi connectivity index (χ0) is 21.2. The molecule has 0 aliphatic heterocycles. The molecule has 1 fully saturated rings. The summed E-state index contributed by atoms with van der Waals surface area (Å²) in [6, 6.07) is 3.16. The van der Waals surface area contributed by atoms with Crippen molar-refractivity contribution in [2.45, 2.75) is 26.2 Å². The number of aliphatic hydroxyl groups is 2. The van der Waals surface area contributed by atoms with E-state index >= 15 is 0 Å². The molecule has 4 rings (SSSR count). The van der Waals surface area contributed by atoms with Crippen LogP contribution in [0.4, 0.5) is 0 Å². The number of Topliss-reactive ketones (excluding diaryl/α,β-unsaturated/α-hetero) is 2. The van der Waals surface area contributed by atoms with Crippen LogP contribution in [0.25, 0.3) is 11.3 Å². The molecule has 7 heteroatoms. The number of rotatable bonds is 2. The van der Waals surface area contributed by atoms with E-state index in [1.165, 1.54) is 6.07 Å². The first-order valence-corrected chi connectivity index (χ1v) is 9.38. The number of aliphatic hydroxyl groups excluding tert-OH is 2. The SMILES string of the molecule is C=C(C)c1ccc(O)c2c1CC1CC3CC(=O)C(C(N)=O)=C(O)C3C(=O)C1=C2O.